The lowest BCUT2D eigenvalue weighted by atomic mass is 9.77. The number of imidazole rings is 1. The number of aryl methyl sites for hydroxylation is 2. The first-order valence-electron chi connectivity index (χ1n) is 17.2. The summed E-state index contributed by atoms with van der Waals surface area (Å²) in [5, 5.41) is 24.4. The molecule has 0 atom stereocenters. The van der Waals surface area contributed by atoms with E-state index in [0.717, 1.165) is 64.0 Å². The Morgan fingerprint density at radius 3 is 1.98 bits per heavy atom. The van der Waals surface area contributed by atoms with E-state index in [9.17, 15) is 5.39 Å². The van der Waals surface area contributed by atoms with Crippen LogP contribution in [0.2, 0.25) is 5.15 Å². The molecule has 0 saturated carbocycles. The Morgan fingerprint density at radius 2 is 1.35 bits per heavy atom. The summed E-state index contributed by atoms with van der Waals surface area (Å²) in [6.45, 7) is 4.91. The maximum atomic E-state index is 9.34. The number of tetrazole rings is 1. The Morgan fingerprint density at radius 1 is 0.745 bits per heavy atom. The van der Waals surface area contributed by atoms with Crippen LogP contribution >= 0.6 is 11.6 Å². The number of halogens is 1. The minimum absolute atomic E-state index is 0.0941. The fraction of sp³-hybridized carbons (Fsp3) is 0.190. The van der Waals surface area contributed by atoms with Gasteiger partial charge in [-0.15, -0.1) is 15.0 Å². The summed E-state index contributed by atoms with van der Waals surface area (Å²) < 4.78 is 2.07. The van der Waals surface area contributed by atoms with E-state index in [2.05, 4.69) is 107 Å². The van der Waals surface area contributed by atoms with Crippen LogP contribution in [0.1, 0.15) is 59.1 Å². The third-order valence-electron chi connectivity index (χ3n) is 9.42. The summed E-state index contributed by atoms with van der Waals surface area (Å²) in [6.07, 6.45) is 2.85. The molecule has 0 fully saturated rings. The molecule has 0 aliphatic rings. The molecule has 7 aromatic rings. The van der Waals surface area contributed by atoms with Crippen LogP contribution in [-0.2, 0) is 25.0 Å². The summed E-state index contributed by atoms with van der Waals surface area (Å²) in [5.74, 6) is 1.43. The van der Waals surface area contributed by atoms with Crippen LogP contribution in [0.4, 0.5) is 0 Å². The number of hydrogen-bond donors (Lipinski definition) is 0. The molecule has 2 heterocycles. The first kappa shape index (κ1) is 33.6. The van der Waals surface area contributed by atoms with Gasteiger partial charge in [0.1, 0.15) is 16.5 Å². The molecule has 0 N–H and O–H groups in total. The van der Waals surface area contributed by atoms with Gasteiger partial charge >= 0.3 is 6.54 Å². The van der Waals surface area contributed by atoms with Crippen molar-refractivity contribution in [3.63, 3.8) is 0 Å². The van der Waals surface area contributed by atoms with Gasteiger partial charge in [0.05, 0.1) is 0 Å². The Hall–Kier alpha value is -5.91. The summed E-state index contributed by atoms with van der Waals surface area (Å²) >= 11 is 6.47. The minimum atomic E-state index is -0.869. The average molecular weight is 690 g/mol. The van der Waals surface area contributed by atoms with Crippen molar-refractivity contribution < 1.29 is 0 Å². The lowest BCUT2D eigenvalue weighted by molar-refractivity contribution is 0.395. The van der Waals surface area contributed by atoms with E-state index >= 15 is 0 Å². The normalized spacial score (nSPS) is 11.4. The van der Waals surface area contributed by atoms with Crippen molar-refractivity contribution in [1.29, 1.82) is 5.39 Å². The Balaban J connectivity index is 1.28. The summed E-state index contributed by atoms with van der Waals surface area (Å²) in [4.78, 5) is 9.72. The Bertz CT molecular complexity index is 2230. The Kier molecular flexibility index (Phi) is 9.82. The van der Waals surface area contributed by atoms with Crippen LogP contribution in [0.15, 0.2) is 133 Å². The maximum Gasteiger partial charge on any atom is 0.348 e. The average Bonchev–Trinajstić information content (AvgIpc) is 3.78. The van der Waals surface area contributed by atoms with E-state index in [1.807, 2.05) is 54.6 Å². The SMILES string of the molecule is CCCCc1nc(Cl)c(C[N+]#N)n1Cc1ccc(-c2ccccc2-c2nnn(C(c3ccccc3)(c3ccccc3)c3ccc(C)cc3)n2)cc1. The fourth-order valence-electron chi connectivity index (χ4n) is 6.80. The van der Waals surface area contributed by atoms with Crippen LogP contribution < -0.4 is 0 Å². The molecular weight excluding hydrogens is 652 g/mol. The molecule has 7 rings (SSSR count). The minimum Gasteiger partial charge on any atom is -0.320 e. The topological polar surface area (TPSA) is 89.6 Å². The number of diazo groups is 1. The van der Waals surface area contributed by atoms with Crippen molar-refractivity contribution >= 4 is 11.6 Å². The molecule has 0 amide bonds. The number of unbranched alkanes of at least 4 members (excludes halogenated alkanes) is 1. The standard InChI is InChI=1S/C42H38ClN8/c1-3-4-19-39-46-40(43)38(28-45-44)50(39)29-31-22-24-32(25-23-31)36-17-11-12-18-37(36)41-47-49-51(48-41)42(33-13-7-5-8-14-33,34-15-9-6-10-16-34)35-26-20-30(2)21-27-35/h5-18,20-27H,3-4,19,28-29H2,1-2H3/q+1. The molecule has 252 valence electrons. The van der Waals surface area contributed by atoms with Gasteiger partial charge in [0.15, 0.2) is 10.7 Å². The van der Waals surface area contributed by atoms with Gasteiger partial charge in [-0.2, -0.15) is 0 Å². The second kappa shape index (κ2) is 14.9. The highest BCUT2D eigenvalue weighted by atomic mass is 35.5. The van der Waals surface area contributed by atoms with Crippen molar-refractivity contribution in [2.45, 2.75) is 51.7 Å². The third-order valence-corrected chi connectivity index (χ3v) is 9.72. The highest BCUT2D eigenvalue weighted by molar-refractivity contribution is 6.30. The second-order valence-corrected chi connectivity index (χ2v) is 13.1. The molecule has 9 heteroatoms. The third kappa shape index (κ3) is 6.56. The van der Waals surface area contributed by atoms with E-state index < -0.39 is 5.54 Å². The van der Waals surface area contributed by atoms with Crippen LogP contribution in [0.5, 0.6) is 0 Å². The van der Waals surface area contributed by atoms with Gasteiger partial charge in [-0.25, -0.2) is 4.98 Å². The first-order valence-corrected chi connectivity index (χ1v) is 17.6. The van der Waals surface area contributed by atoms with Gasteiger partial charge in [0.25, 0.3) is 0 Å². The molecule has 2 aromatic heterocycles. The van der Waals surface area contributed by atoms with Gasteiger partial charge < -0.3 is 4.57 Å². The van der Waals surface area contributed by atoms with E-state index in [4.69, 9.17) is 27.0 Å². The quantitative estimate of drug-likeness (QED) is 0.0941. The second-order valence-electron chi connectivity index (χ2n) is 12.7. The number of nitrogens with zero attached hydrogens (tertiary/aromatic N) is 8. The zero-order chi connectivity index (χ0) is 35.2. The number of aromatic nitrogens is 6. The molecule has 0 saturated heterocycles. The largest absolute Gasteiger partial charge is 0.348 e. The zero-order valence-electron chi connectivity index (χ0n) is 28.7. The molecule has 0 unspecified atom stereocenters. The fourth-order valence-corrected chi connectivity index (χ4v) is 7.06. The van der Waals surface area contributed by atoms with Crippen molar-refractivity contribution in [2.75, 3.05) is 0 Å². The number of benzene rings is 5. The highest BCUT2D eigenvalue weighted by Crippen LogP contribution is 2.40. The smallest absolute Gasteiger partial charge is 0.320 e. The molecule has 5 aromatic carbocycles. The summed E-state index contributed by atoms with van der Waals surface area (Å²) in [7, 11) is 0. The van der Waals surface area contributed by atoms with E-state index in [1.165, 1.54) is 5.56 Å². The molecule has 0 aliphatic heterocycles. The van der Waals surface area contributed by atoms with Gasteiger partial charge in [-0.1, -0.05) is 164 Å². The molecule has 0 aliphatic carbocycles. The number of rotatable bonds is 12. The van der Waals surface area contributed by atoms with Crippen LogP contribution in [0, 0.1) is 12.3 Å². The Labute approximate surface area is 303 Å². The molecule has 0 bridgehead atoms. The lowest BCUT2D eigenvalue weighted by Gasteiger charge is -2.34. The monoisotopic (exact) mass is 689 g/mol. The van der Waals surface area contributed by atoms with Crippen molar-refractivity contribution in [1.82, 2.24) is 29.8 Å². The number of hydrogen-bond acceptors (Lipinski definition) is 5. The molecular formula is C42H38ClN8+. The van der Waals surface area contributed by atoms with Crippen molar-refractivity contribution in [2.24, 2.45) is 0 Å². The summed E-state index contributed by atoms with van der Waals surface area (Å²) in [6, 6.07) is 45.9. The summed E-state index contributed by atoms with van der Waals surface area (Å²) in [5.41, 5.74) is 8.10. The maximum absolute atomic E-state index is 9.34. The van der Waals surface area contributed by atoms with Crippen molar-refractivity contribution in [3.05, 3.63) is 183 Å². The van der Waals surface area contributed by atoms with Crippen molar-refractivity contribution in [3.8, 4) is 22.5 Å². The molecule has 0 radical (unpaired) electrons. The predicted molar refractivity (Wildman–Crippen MR) is 202 cm³/mol. The zero-order valence-corrected chi connectivity index (χ0v) is 29.4. The first-order chi connectivity index (χ1) is 25.0. The van der Waals surface area contributed by atoms with E-state index in [0.29, 0.717) is 23.2 Å². The molecule has 0 spiro atoms. The van der Waals surface area contributed by atoms with Gasteiger partial charge in [0, 0.05) is 18.5 Å². The predicted octanol–water partition coefficient (Wildman–Crippen LogP) is 9.75. The van der Waals surface area contributed by atoms with Gasteiger partial charge in [0.2, 0.25) is 11.2 Å². The lowest BCUT2D eigenvalue weighted by Crippen LogP contribution is -2.39. The van der Waals surface area contributed by atoms with E-state index in [1.54, 1.807) is 4.80 Å². The van der Waals surface area contributed by atoms with Crippen LogP contribution in [0.25, 0.3) is 27.5 Å². The molecule has 51 heavy (non-hydrogen) atoms. The van der Waals surface area contributed by atoms with Gasteiger partial charge in [-0.05, 0) is 51.9 Å². The molecule has 8 nitrogen and oxygen atoms in total. The van der Waals surface area contributed by atoms with E-state index in [-0.39, 0.29) is 6.54 Å². The van der Waals surface area contributed by atoms with Crippen LogP contribution in [0.3, 0.4) is 0 Å². The van der Waals surface area contributed by atoms with Gasteiger partial charge in [-0.3, -0.25) is 0 Å². The van der Waals surface area contributed by atoms with Crippen LogP contribution in [-0.4, -0.2) is 29.8 Å². The highest BCUT2D eigenvalue weighted by Gasteiger charge is 2.41.